The number of hydrogen-bond donors (Lipinski definition) is 0. The lowest BCUT2D eigenvalue weighted by Crippen LogP contribution is -2.26. The van der Waals surface area contributed by atoms with Gasteiger partial charge in [0, 0.05) is 26.0 Å². The fourth-order valence-electron chi connectivity index (χ4n) is 2.36. The number of aryl methyl sites for hydroxylation is 1. The Bertz CT molecular complexity index is 946. The van der Waals surface area contributed by atoms with Crippen LogP contribution in [0.5, 0.6) is 0 Å². The van der Waals surface area contributed by atoms with Crippen LogP contribution in [0.4, 0.5) is 0 Å². The van der Waals surface area contributed by atoms with Crippen molar-refractivity contribution in [3.05, 3.63) is 64.4 Å². The van der Waals surface area contributed by atoms with Gasteiger partial charge in [-0.3, -0.25) is 4.79 Å². The summed E-state index contributed by atoms with van der Waals surface area (Å²) in [5, 5.41) is 9.61. The number of rotatable bonds is 4. The van der Waals surface area contributed by atoms with Crippen LogP contribution in [0.1, 0.15) is 26.5 Å². The molecule has 0 aliphatic carbocycles. The van der Waals surface area contributed by atoms with Crippen molar-refractivity contribution < 1.29 is 4.79 Å². The Morgan fingerprint density at radius 1 is 1.28 bits per heavy atom. The Labute approximate surface area is 149 Å². The molecule has 0 saturated heterocycles. The zero-order valence-corrected chi connectivity index (χ0v) is 14.6. The molecule has 0 unspecified atom stereocenters. The predicted octanol–water partition coefficient (Wildman–Crippen LogP) is 3.05. The number of nitriles is 1. The molecule has 0 spiro atoms. The lowest BCUT2D eigenvalue weighted by atomic mass is 10.1. The van der Waals surface area contributed by atoms with Crippen LogP contribution in [0.25, 0.3) is 10.8 Å². The van der Waals surface area contributed by atoms with Crippen LogP contribution in [0, 0.1) is 18.3 Å². The van der Waals surface area contributed by atoms with Gasteiger partial charge in [-0.25, -0.2) is 15.0 Å². The number of aromatic nitrogens is 3. The Hall–Kier alpha value is -3.11. The molecule has 1 amide bonds. The molecule has 0 N–H and O–H groups in total. The minimum absolute atomic E-state index is 0.112. The number of nitrogens with zero attached hydrogens (tertiary/aromatic N) is 5. The molecule has 2 aromatic heterocycles. The maximum absolute atomic E-state index is 12.8. The van der Waals surface area contributed by atoms with Crippen molar-refractivity contribution in [2.45, 2.75) is 13.5 Å². The fraction of sp³-hybridized carbons (Fsp3) is 0.167. The third-order valence-electron chi connectivity index (χ3n) is 3.57. The third-order valence-corrected chi connectivity index (χ3v) is 4.71. The topological polar surface area (TPSA) is 82.8 Å². The molecule has 6 nitrogen and oxygen atoms in total. The first kappa shape index (κ1) is 16.7. The molecule has 124 valence electrons. The van der Waals surface area contributed by atoms with Crippen LogP contribution in [0.3, 0.4) is 0 Å². The molecule has 0 radical (unpaired) electrons. The smallest absolute Gasteiger partial charge is 0.265 e. The summed E-state index contributed by atoms with van der Waals surface area (Å²) in [6.45, 7) is 2.23. The molecule has 0 aliphatic rings. The molecular formula is C18H15N5OS. The molecule has 3 rings (SSSR count). The second-order valence-corrected chi connectivity index (χ2v) is 6.48. The van der Waals surface area contributed by atoms with Gasteiger partial charge in [-0.2, -0.15) is 5.26 Å². The highest BCUT2D eigenvalue weighted by molar-refractivity contribution is 7.17. The van der Waals surface area contributed by atoms with Crippen molar-refractivity contribution in [3.63, 3.8) is 0 Å². The number of thiazole rings is 1. The first-order valence-corrected chi connectivity index (χ1v) is 8.39. The molecule has 0 bridgehead atoms. The first-order valence-electron chi connectivity index (χ1n) is 7.58. The molecule has 2 heterocycles. The summed E-state index contributed by atoms with van der Waals surface area (Å²) in [5.74, 6) is 0.401. The summed E-state index contributed by atoms with van der Waals surface area (Å²) in [6, 6.07) is 11.1. The van der Waals surface area contributed by atoms with Gasteiger partial charge in [-0.05, 0) is 30.7 Å². The molecule has 0 fully saturated rings. The van der Waals surface area contributed by atoms with Gasteiger partial charge in [0.2, 0.25) is 0 Å². The first-order chi connectivity index (χ1) is 12.1. The molecule has 3 aromatic rings. The number of hydrogen-bond acceptors (Lipinski definition) is 6. The number of carbonyl (C=O) groups is 1. The average molecular weight is 349 g/mol. The maximum atomic E-state index is 12.8. The van der Waals surface area contributed by atoms with Gasteiger partial charge in [0.1, 0.15) is 4.88 Å². The molecule has 1 aromatic carbocycles. The van der Waals surface area contributed by atoms with Crippen molar-refractivity contribution in [2.75, 3.05) is 7.05 Å². The van der Waals surface area contributed by atoms with E-state index in [2.05, 4.69) is 21.0 Å². The van der Waals surface area contributed by atoms with E-state index in [0.29, 0.717) is 33.5 Å². The lowest BCUT2D eigenvalue weighted by molar-refractivity contribution is 0.0789. The van der Waals surface area contributed by atoms with Crippen LogP contribution in [0.2, 0.25) is 0 Å². The van der Waals surface area contributed by atoms with Gasteiger partial charge in [-0.15, -0.1) is 11.3 Å². The molecule has 0 aliphatic heterocycles. The van der Waals surface area contributed by atoms with Gasteiger partial charge in [-0.1, -0.05) is 12.1 Å². The zero-order valence-electron chi connectivity index (χ0n) is 13.8. The van der Waals surface area contributed by atoms with Crippen LogP contribution in [-0.2, 0) is 6.54 Å². The van der Waals surface area contributed by atoms with Gasteiger partial charge in [0.15, 0.2) is 10.8 Å². The van der Waals surface area contributed by atoms with Gasteiger partial charge >= 0.3 is 0 Å². The van der Waals surface area contributed by atoms with Crippen LogP contribution < -0.4 is 0 Å². The van der Waals surface area contributed by atoms with E-state index >= 15 is 0 Å². The quantitative estimate of drug-likeness (QED) is 0.723. The Morgan fingerprint density at radius 3 is 2.76 bits per heavy atom. The molecule has 7 heteroatoms. The average Bonchev–Trinajstić information content (AvgIpc) is 3.03. The largest absolute Gasteiger partial charge is 0.337 e. The SMILES string of the molecule is Cc1nc(-c2ncccn2)sc1C(=O)N(C)Cc1cccc(C#N)c1. The Morgan fingerprint density at radius 2 is 2.04 bits per heavy atom. The minimum atomic E-state index is -0.112. The lowest BCUT2D eigenvalue weighted by Gasteiger charge is -2.16. The summed E-state index contributed by atoms with van der Waals surface area (Å²) < 4.78 is 0. The fourth-order valence-corrected chi connectivity index (χ4v) is 3.37. The van der Waals surface area contributed by atoms with E-state index in [9.17, 15) is 4.79 Å². The Kier molecular flexibility index (Phi) is 4.82. The molecular weight excluding hydrogens is 334 g/mol. The summed E-state index contributed by atoms with van der Waals surface area (Å²) >= 11 is 1.29. The maximum Gasteiger partial charge on any atom is 0.265 e. The minimum Gasteiger partial charge on any atom is -0.337 e. The Balaban J connectivity index is 1.81. The van der Waals surface area contributed by atoms with Crippen molar-refractivity contribution in [1.82, 2.24) is 19.9 Å². The van der Waals surface area contributed by atoms with E-state index in [-0.39, 0.29) is 5.91 Å². The van der Waals surface area contributed by atoms with E-state index in [0.717, 1.165) is 5.56 Å². The van der Waals surface area contributed by atoms with Crippen molar-refractivity contribution in [1.29, 1.82) is 5.26 Å². The van der Waals surface area contributed by atoms with E-state index in [1.807, 2.05) is 12.1 Å². The number of amides is 1. The van der Waals surface area contributed by atoms with Crippen LogP contribution in [0.15, 0.2) is 42.7 Å². The van der Waals surface area contributed by atoms with Crippen molar-refractivity contribution >= 4 is 17.2 Å². The zero-order chi connectivity index (χ0) is 17.8. The van der Waals surface area contributed by atoms with Crippen molar-refractivity contribution in [2.24, 2.45) is 0 Å². The predicted molar refractivity (Wildman–Crippen MR) is 94.8 cm³/mol. The second kappa shape index (κ2) is 7.20. The molecule has 25 heavy (non-hydrogen) atoms. The second-order valence-electron chi connectivity index (χ2n) is 5.48. The van der Waals surface area contributed by atoms with Gasteiger partial charge < -0.3 is 4.90 Å². The van der Waals surface area contributed by atoms with E-state index in [4.69, 9.17) is 5.26 Å². The standard InChI is InChI=1S/C18H15N5OS/c1-12-15(25-17(22-12)16-20-7-4-8-21-16)18(24)23(2)11-14-6-3-5-13(9-14)10-19/h3-9H,11H2,1-2H3. The third kappa shape index (κ3) is 3.70. The highest BCUT2D eigenvalue weighted by Gasteiger charge is 2.20. The van der Waals surface area contributed by atoms with Crippen LogP contribution >= 0.6 is 11.3 Å². The summed E-state index contributed by atoms with van der Waals surface area (Å²) in [4.78, 5) is 27.7. The number of carbonyl (C=O) groups excluding carboxylic acids is 1. The van der Waals surface area contributed by atoms with Gasteiger partial charge in [0.25, 0.3) is 5.91 Å². The van der Waals surface area contributed by atoms with Crippen LogP contribution in [-0.4, -0.2) is 32.8 Å². The monoisotopic (exact) mass is 349 g/mol. The van der Waals surface area contributed by atoms with E-state index < -0.39 is 0 Å². The van der Waals surface area contributed by atoms with E-state index in [1.54, 1.807) is 49.5 Å². The van der Waals surface area contributed by atoms with Gasteiger partial charge in [0.05, 0.1) is 17.3 Å². The molecule has 0 atom stereocenters. The molecule has 0 saturated carbocycles. The summed E-state index contributed by atoms with van der Waals surface area (Å²) in [7, 11) is 1.74. The summed E-state index contributed by atoms with van der Waals surface area (Å²) in [5.41, 5.74) is 2.15. The normalized spacial score (nSPS) is 10.3. The summed E-state index contributed by atoms with van der Waals surface area (Å²) in [6.07, 6.45) is 3.30. The number of benzene rings is 1. The highest BCUT2D eigenvalue weighted by atomic mass is 32.1. The van der Waals surface area contributed by atoms with E-state index in [1.165, 1.54) is 11.3 Å². The van der Waals surface area contributed by atoms with Crippen molar-refractivity contribution in [3.8, 4) is 16.9 Å². The highest BCUT2D eigenvalue weighted by Crippen LogP contribution is 2.26.